The Morgan fingerprint density at radius 2 is 2.04 bits per heavy atom. The van der Waals surface area contributed by atoms with Gasteiger partial charge in [-0.1, -0.05) is 41.6 Å². The predicted molar refractivity (Wildman–Crippen MR) is 108 cm³/mol. The Morgan fingerprint density at radius 1 is 1.15 bits per heavy atom. The number of hydrogen-bond acceptors (Lipinski definition) is 6. The molecule has 0 fully saturated rings. The Labute approximate surface area is 168 Å². The van der Waals surface area contributed by atoms with Gasteiger partial charge in [0.25, 0.3) is 0 Å². The monoisotopic (exact) mass is 415 g/mol. The molecule has 136 valence electrons. The van der Waals surface area contributed by atoms with Crippen molar-refractivity contribution in [1.82, 2.24) is 14.6 Å². The zero-order valence-electron chi connectivity index (χ0n) is 14.3. The maximum atomic E-state index is 6.32. The molecule has 2 aromatic carbocycles. The number of benzene rings is 2. The summed E-state index contributed by atoms with van der Waals surface area (Å²) >= 11 is 9.54. The lowest BCUT2D eigenvalue weighted by atomic mass is 10.1. The molecule has 8 heteroatoms. The number of thiazole rings is 1. The topological polar surface area (TPSA) is 48.7 Å². The molecule has 0 bridgehead atoms. The Hall–Kier alpha value is -2.22. The molecule has 5 rings (SSSR count). The average Bonchev–Trinajstić information content (AvgIpc) is 3.38. The summed E-state index contributed by atoms with van der Waals surface area (Å²) in [5.74, 6) is 2.36. The second kappa shape index (κ2) is 6.74. The van der Waals surface area contributed by atoms with E-state index < -0.39 is 0 Å². The fourth-order valence-electron chi connectivity index (χ4n) is 2.92. The van der Waals surface area contributed by atoms with Crippen LogP contribution >= 0.6 is 34.7 Å². The largest absolute Gasteiger partial charge is 0.454 e. The van der Waals surface area contributed by atoms with Gasteiger partial charge in [0.2, 0.25) is 11.8 Å². The van der Waals surface area contributed by atoms with Gasteiger partial charge in [-0.25, -0.2) is 0 Å². The van der Waals surface area contributed by atoms with Crippen molar-refractivity contribution >= 4 is 39.7 Å². The minimum absolute atomic E-state index is 0.286. The van der Waals surface area contributed by atoms with Crippen LogP contribution in [0.4, 0.5) is 0 Å². The Bertz CT molecular complexity index is 1160. The van der Waals surface area contributed by atoms with Gasteiger partial charge < -0.3 is 9.47 Å². The summed E-state index contributed by atoms with van der Waals surface area (Å²) in [4.78, 5) is 0.870. The third-order valence-electron chi connectivity index (χ3n) is 4.39. The standard InChI is InChI=1S/C19H14ClN3O2S2/c1-11-2-4-13(7-14(11)20)15-9-27-19-22-21-18(23(15)19)26-8-12-3-5-16-17(6-12)25-10-24-16/h2-7,9H,8,10H2,1H3. The smallest absolute Gasteiger partial charge is 0.231 e. The van der Waals surface area contributed by atoms with Crippen LogP contribution in [0.25, 0.3) is 16.2 Å². The lowest BCUT2D eigenvalue weighted by molar-refractivity contribution is 0.174. The fourth-order valence-corrected chi connectivity index (χ4v) is 4.88. The average molecular weight is 416 g/mol. The number of aryl methyl sites for hydroxylation is 1. The van der Waals surface area contributed by atoms with Gasteiger partial charge in [0, 0.05) is 21.7 Å². The lowest BCUT2D eigenvalue weighted by Gasteiger charge is -2.06. The zero-order chi connectivity index (χ0) is 18.4. The quantitative estimate of drug-likeness (QED) is 0.415. The number of halogens is 1. The summed E-state index contributed by atoms with van der Waals surface area (Å²) in [5, 5.41) is 12.4. The molecule has 0 amide bonds. The number of rotatable bonds is 4. The molecule has 2 aromatic heterocycles. The molecule has 0 aliphatic carbocycles. The summed E-state index contributed by atoms with van der Waals surface area (Å²) in [7, 11) is 0. The van der Waals surface area contributed by atoms with Crippen molar-refractivity contribution in [3.8, 4) is 22.8 Å². The SMILES string of the molecule is Cc1ccc(-c2csc3nnc(SCc4ccc5c(c4)OCO5)n23)cc1Cl. The van der Waals surface area contributed by atoms with Crippen molar-refractivity contribution < 1.29 is 9.47 Å². The van der Waals surface area contributed by atoms with E-state index in [4.69, 9.17) is 21.1 Å². The van der Waals surface area contributed by atoms with Gasteiger partial charge in [-0.2, -0.15) is 0 Å². The summed E-state index contributed by atoms with van der Waals surface area (Å²) in [6.45, 7) is 2.29. The van der Waals surface area contributed by atoms with Crippen LogP contribution in [-0.2, 0) is 5.75 Å². The van der Waals surface area contributed by atoms with Crippen molar-refractivity contribution in [3.05, 3.63) is 57.9 Å². The van der Waals surface area contributed by atoms with E-state index >= 15 is 0 Å². The summed E-state index contributed by atoms with van der Waals surface area (Å²) < 4.78 is 12.9. The first-order valence-corrected chi connectivity index (χ1v) is 10.5. The van der Waals surface area contributed by atoms with Crippen LogP contribution in [0.15, 0.2) is 46.9 Å². The Morgan fingerprint density at radius 3 is 2.93 bits per heavy atom. The molecule has 3 heterocycles. The fraction of sp³-hybridized carbons (Fsp3) is 0.158. The molecule has 1 aliphatic rings. The Kier molecular flexibility index (Phi) is 4.22. The molecule has 0 spiro atoms. The minimum Gasteiger partial charge on any atom is -0.454 e. The maximum Gasteiger partial charge on any atom is 0.231 e. The first-order valence-electron chi connectivity index (χ1n) is 8.29. The first-order chi connectivity index (χ1) is 13.2. The number of fused-ring (bicyclic) bond motifs is 2. The molecule has 0 atom stereocenters. The van der Waals surface area contributed by atoms with Gasteiger partial charge in [0.1, 0.15) is 0 Å². The lowest BCUT2D eigenvalue weighted by Crippen LogP contribution is -1.93. The molecule has 0 radical (unpaired) electrons. The van der Waals surface area contributed by atoms with Crippen LogP contribution in [0.2, 0.25) is 5.02 Å². The van der Waals surface area contributed by atoms with Gasteiger partial charge in [-0.05, 0) is 36.2 Å². The van der Waals surface area contributed by atoms with Crippen molar-refractivity contribution in [2.24, 2.45) is 0 Å². The highest BCUT2D eigenvalue weighted by Gasteiger charge is 2.16. The number of hydrogen-bond donors (Lipinski definition) is 0. The number of aromatic nitrogens is 3. The molecule has 0 unspecified atom stereocenters. The second-order valence-corrected chi connectivity index (χ2v) is 8.35. The molecular formula is C19H14ClN3O2S2. The van der Waals surface area contributed by atoms with Crippen molar-refractivity contribution in [2.75, 3.05) is 6.79 Å². The highest BCUT2D eigenvalue weighted by Crippen LogP contribution is 2.36. The van der Waals surface area contributed by atoms with E-state index in [1.807, 2.05) is 37.3 Å². The van der Waals surface area contributed by atoms with Crippen molar-refractivity contribution in [1.29, 1.82) is 0 Å². The number of ether oxygens (including phenoxy) is 2. The molecule has 4 aromatic rings. The molecule has 0 saturated carbocycles. The third kappa shape index (κ3) is 3.05. The second-order valence-electron chi connectivity index (χ2n) is 6.16. The molecular weight excluding hydrogens is 402 g/mol. The molecule has 5 nitrogen and oxygen atoms in total. The van der Waals surface area contributed by atoms with E-state index in [1.54, 1.807) is 23.1 Å². The minimum atomic E-state index is 0.286. The van der Waals surface area contributed by atoms with E-state index in [1.165, 1.54) is 0 Å². The third-order valence-corrected chi connectivity index (χ3v) is 6.62. The van der Waals surface area contributed by atoms with Gasteiger partial charge >= 0.3 is 0 Å². The van der Waals surface area contributed by atoms with Crippen LogP contribution in [0, 0.1) is 6.92 Å². The highest BCUT2D eigenvalue weighted by atomic mass is 35.5. The van der Waals surface area contributed by atoms with E-state index in [9.17, 15) is 0 Å². The van der Waals surface area contributed by atoms with Gasteiger partial charge in [-0.15, -0.1) is 21.5 Å². The van der Waals surface area contributed by atoms with Crippen LogP contribution in [-0.4, -0.2) is 21.4 Å². The molecule has 0 N–H and O–H groups in total. The van der Waals surface area contributed by atoms with Gasteiger partial charge in [-0.3, -0.25) is 4.40 Å². The summed E-state index contributed by atoms with van der Waals surface area (Å²) in [6, 6.07) is 12.1. The Balaban J connectivity index is 1.45. The van der Waals surface area contributed by atoms with Crippen LogP contribution in [0.5, 0.6) is 11.5 Å². The zero-order valence-corrected chi connectivity index (χ0v) is 16.7. The van der Waals surface area contributed by atoms with Crippen LogP contribution in [0.3, 0.4) is 0 Å². The predicted octanol–water partition coefficient (Wildman–Crippen LogP) is 5.44. The first kappa shape index (κ1) is 16.9. The normalized spacial score (nSPS) is 12.8. The molecule has 27 heavy (non-hydrogen) atoms. The van der Waals surface area contributed by atoms with Crippen LogP contribution < -0.4 is 9.47 Å². The highest BCUT2D eigenvalue weighted by molar-refractivity contribution is 7.98. The van der Waals surface area contributed by atoms with Gasteiger partial charge in [0.05, 0.1) is 5.69 Å². The summed E-state index contributed by atoms with van der Waals surface area (Å²) in [5.41, 5.74) is 4.32. The van der Waals surface area contributed by atoms with Crippen LogP contribution in [0.1, 0.15) is 11.1 Å². The number of thioether (sulfide) groups is 1. The van der Waals surface area contributed by atoms with Gasteiger partial charge in [0.15, 0.2) is 16.7 Å². The number of nitrogens with zero attached hydrogens (tertiary/aromatic N) is 3. The van der Waals surface area contributed by atoms with E-state index in [0.29, 0.717) is 0 Å². The maximum absolute atomic E-state index is 6.32. The van der Waals surface area contributed by atoms with E-state index in [-0.39, 0.29) is 6.79 Å². The van der Waals surface area contributed by atoms with E-state index in [0.717, 1.165) is 54.8 Å². The molecule has 1 aliphatic heterocycles. The van der Waals surface area contributed by atoms with Crippen molar-refractivity contribution in [2.45, 2.75) is 17.8 Å². The van der Waals surface area contributed by atoms with Crippen molar-refractivity contribution in [3.63, 3.8) is 0 Å². The molecule has 0 saturated heterocycles. The van der Waals surface area contributed by atoms with E-state index in [2.05, 4.69) is 26.0 Å². The summed E-state index contributed by atoms with van der Waals surface area (Å²) in [6.07, 6.45) is 0.